The van der Waals surface area contributed by atoms with Gasteiger partial charge in [-0.1, -0.05) is 17.7 Å². The van der Waals surface area contributed by atoms with Crippen LogP contribution in [0.3, 0.4) is 0 Å². The van der Waals surface area contributed by atoms with Crippen molar-refractivity contribution in [3.63, 3.8) is 0 Å². The van der Waals surface area contributed by atoms with Crippen molar-refractivity contribution in [3.05, 3.63) is 89.6 Å². The maximum absolute atomic E-state index is 13.5. The summed E-state index contributed by atoms with van der Waals surface area (Å²) in [5, 5.41) is 7.05. The number of hydrogen-bond acceptors (Lipinski definition) is 6. The Labute approximate surface area is 199 Å². The molecule has 4 rings (SSSR count). The highest BCUT2D eigenvalue weighted by Crippen LogP contribution is 2.27. The number of amides is 1. The molecule has 0 spiro atoms. The van der Waals surface area contributed by atoms with Crippen molar-refractivity contribution < 1.29 is 22.3 Å². The number of halogens is 2. The van der Waals surface area contributed by atoms with E-state index in [1.165, 1.54) is 59.7 Å². The van der Waals surface area contributed by atoms with Crippen LogP contribution in [0.15, 0.2) is 73.2 Å². The van der Waals surface area contributed by atoms with Crippen LogP contribution in [0.25, 0.3) is 5.82 Å². The third-order valence-electron chi connectivity index (χ3n) is 4.30. The van der Waals surface area contributed by atoms with Crippen LogP contribution in [0.5, 0.6) is 11.5 Å². The van der Waals surface area contributed by atoms with Gasteiger partial charge in [-0.3, -0.25) is 9.52 Å². The number of carbonyl (C=O) groups is 1. The molecule has 9 nitrogen and oxygen atoms in total. The number of hydrogen-bond donors (Lipinski definition) is 2. The van der Waals surface area contributed by atoms with Crippen LogP contribution in [0.4, 0.5) is 15.8 Å². The monoisotopic (exact) mass is 501 g/mol. The number of ether oxygens (including phenoxy) is 1. The Bertz CT molecular complexity index is 1480. The summed E-state index contributed by atoms with van der Waals surface area (Å²) in [7, 11) is -3.52. The van der Waals surface area contributed by atoms with Crippen molar-refractivity contribution in [2.24, 2.45) is 0 Å². The van der Waals surface area contributed by atoms with Crippen molar-refractivity contribution in [2.45, 2.75) is 0 Å². The predicted octanol–water partition coefficient (Wildman–Crippen LogP) is 4.48. The van der Waals surface area contributed by atoms with Crippen LogP contribution < -0.4 is 14.8 Å². The van der Waals surface area contributed by atoms with Gasteiger partial charge < -0.3 is 10.1 Å². The van der Waals surface area contributed by atoms with Crippen molar-refractivity contribution in [1.82, 2.24) is 14.8 Å². The fourth-order valence-corrected chi connectivity index (χ4v) is 3.77. The number of nitrogens with one attached hydrogen (secondary N) is 2. The molecule has 2 aromatic carbocycles. The SMILES string of the molecule is CS(=O)(=O)Nc1cc(Cl)cc(NC(=O)c2cnn(-c3ncccc3Oc3cccc(F)c3)c2)c1. The van der Waals surface area contributed by atoms with Gasteiger partial charge in [0.1, 0.15) is 11.6 Å². The lowest BCUT2D eigenvalue weighted by atomic mass is 10.2. The van der Waals surface area contributed by atoms with E-state index < -0.39 is 21.7 Å². The van der Waals surface area contributed by atoms with Gasteiger partial charge in [-0.2, -0.15) is 5.10 Å². The summed E-state index contributed by atoms with van der Waals surface area (Å²) in [6.45, 7) is 0. The van der Waals surface area contributed by atoms with E-state index in [1.54, 1.807) is 18.2 Å². The number of pyridine rings is 1. The molecule has 34 heavy (non-hydrogen) atoms. The Morgan fingerprint density at radius 1 is 1.12 bits per heavy atom. The molecule has 174 valence electrons. The second-order valence-electron chi connectivity index (χ2n) is 7.12. The first-order valence-corrected chi connectivity index (χ1v) is 12.0. The van der Waals surface area contributed by atoms with Gasteiger partial charge in [-0.15, -0.1) is 0 Å². The maximum Gasteiger partial charge on any atom is 0.258 e. The number of carbonyl (C=O) groups excluding carboxylic acids is 1. The highest BCUT2D eigenvalue weighted by Gasteiger charge is 2.15. The lowest BCUT2D eigenvalue weighted by Gasteiger charge is -2.10. The average molecular weight is 502 g/mol. The van der Waals surface area contributed by atoms with E-state index in [9.17, 15) is 17.6 Å². The summed E-state index contributed by atoms with van der Waals surface area (Å²) in [5.74, 6) is -0.0965. The van der Waals surface area contributed by atoms with Gasteiger partial charge in [0.25, 0.3) is 5.91 Å². The Morgan fingerprint density at radius 2 is 1.91 bits per heavy atom. The first-order chi connectivity index (χ1) is 16.2. The van der Waals surface area contributed by atoms with E-state index in [-0.39, 0.29) is 33.5 Å². The molecule has 0 aliphatic rings. The number of anilines is 2. The third-order valence-corrected chi connectivity index (χ3v) is 5.12. The molecule has 4 aromatic rings. The van der Waals surface area contributed by atoms with Crippen molar-refractivity contribution in [1.29, 1.82) is 0 Å². The normalized spacial score (nSPS) is 11.1. The fraction of sp³-hybridized carbons (Fsp3) is 0.0455. The molecular weight excluding hydrogens is 485 g/mol. The molecule has 0 bridgehead atoms. The quantitative estimate of drug-likeness (QED) is 0.386. The summed E-state index contributed by atoms with van der Waals surface area (Å²) >= 11 is 6.04. The molecule has 2 N–H and O–H groups in total. The second-order valence-corrected chi connectivity index (χ2v) is 9.30. The van der Waals surface area contributed by atoms with Gasteiger partial charge in [0.05, 0.1) is 23.7 Å². The summed E-state index contributed by atoms with van der Waals surface area (Å²) in [6.07, 6.45) is 5.30. The van der Waals surface area contributed by atoms with Crippen LogP contribution in [0, 0.1) is 5.82 Å². The second kappa shape index (κ2) is 9.49. The van der Waals surface area contributed by atoms with Crippen molar-refractivity contribution in [3.8, 4) is 17.3 Å². The summed E-state index contributed by atoms with van der Waals surface area (Å²) in [5.41, 5.74) is 0.679. The van der Waals surface area contributed by atoms with Gasteiger partial charge in [-0.25, -0.2) is 22.5 Å². The molecule has 1 amide bonds. The van der Waals surface area contributed by atoms with Gasteiger partial charge in [-0.05, 0) is 42.5 Å². The number of nitrogens with zero attached hydrogens (tertiary/aromatic N) is 3. The smallest absolute Gasteiger partial charge is 0.258 e. The molecule has 12 heteroatoms. The highest BCUT2D eigenvalue weighted by molar-refractivity contribution is 7.92. The standard InChI is InChI=1S/C22H17ClFN5O4S/c1-34(31,32)28-18-9-15(23)8-17(11-18)27-22(30)14-12-26-29(13-14)21-20(6-3-7-25-21)33-19-5-2-4-16(24)10-19/h2-13,28H,1H3,(H,27,30). The minimum Gasteiger partial charge on any atom is -0.453 e. The molecule has 0 atom stereocenters. The Hall–Kier alpha value is -3.96. The zero-order valence-electron chi connectivity index (χ0n) is 17.6. The molecular formula is C22H17ClFN5O4S. The summed E-state index contributed by atoms with van der Waals surface area (Å²) in [4.78, 5) is 17.0. The molecule has 0 saturated heterocycles. The van der Waals surface area contributed by atoms with E-state index in [0.717, 1.165) is 6.26 Å². The van der Waals surface area contributed by atoms with Crippen LogP contribution in [0.2, 0.25) is 5.02 Å². The Kier molecular flexibility index (Phi) is 6.48. The predicted molar refractivity (Wildman–Crippen MR) is 126 cm³/mol. The summed E-state index contributed by atoms with van der Waals surface area (Å²) in [6, 6.07) is 13.3. The molecule has 0 fully saturated rings. The number of benzene rings is 2. The van der Waals surface area contributed by atoms with Crippen LogP contribution in [-0.2, 0) is 10.0 Å². The van der Waals surface area contributed by atoms with Crippen molar-refractivity contribution in [2.75, 3.05) is 16.3 Å². The van der Waals surface area contributed by atoms with Crippen LogP contribution in [-0.4, -0.2) is 35.3 Å². The largest absolute Gasteiger partial charge is 0.453 e. The lowest BCUT2D eigenvalue weighted by molar-refractivity contribution is 0.102. The van der Waals surface area contributed by atoms with Crippen molar-refractivity contribution >= 4 is 38.9 Å². The zero-order chi connectivity index (χ0) is 24.3. The fourth-order valence-electron chi connectivity index (χ4n) is 2.99. The first-order valence-electron chi connectivity index (χ1n) is 9.69. The minimum absolute atomic E-state index is 0.194. The average Bonchev–Trinajstić information content (AvgIpc) is 3.23. The van der Waals surface area contributed by atoms with E-state index in [4.69, 9.17) is 16.3 Å². The molecule has 2 heterocycles. The highest BCUT2D eigenvalue weighted by atomic mass is 35.5. The van der Waals surface area contributed by atoms with Gasteiger partial charge in [0.2, 0.25) is 10.0 Å². The Balaban J connectivity index is 1.55. The molecule has 0 aliphatic carbocycles. The van der Waals surface area contributed by atoms with E-state index in [2.05, 4.69) is 20.1 Å². The minimum atomic E-state index is -3.52. The number of rotatable bonds is 7. The maximum atomic E-state index is 13.5. The van der Waals surface area contributed by atoms with E-state index in [1.807, 2.05) is 0 Å². The molecule has 0 aliphatic heterocycles. The lowest BCUT2D eigenvalue weighted by Crippen LogP contribution is -2.13. The van der Waals surface area contributed by atoms with Gasteiger partial charge in [0.15, 0.2) is 11.6 Å². The molecule has 2 aromatic heterocycles. The first kappa shape index (κ1) is 23.2. The van der Waals surface area contributed by atoms with E-state index >= 15 is 0 Å². The van der Waals surface area contributed by atoms with Gasteiger partial charge in [0, 0.05) is 29.2 Å². The third kappa shape index (κ3) is 5.88. The number of aromatic nitrogens is 3. The zero-order valence-corrected chi connectivity index (χ0v) is 19.1. The van der Waals surface area contributed by atoms with Gasteiger partial charge >= 0.3 is 0 Å². The molecule has 0 radical (unpaired) electrons. The van der Waals surface area contributed by atoms with Crippen LogP contribution in [0.1, 0.15) is 10.4 Å². The summed E-state index contributed by atoms with van der Waals surface area (Å²) < 4.78 is 45.8. The number of sulfonamides is 1. The van der Waals surface area contributed by atoms with E-state index in [0.29, 0.717) is 5.75 Å². The van der Waals surface area contributed by atoms with Crippen LogP contribution >= 0.6 is 11.6 Å². The topological polar surface area (TPSA) is 115 Å². The Morgan fingerprint density at radius 3 is 2.68 bits per heavy atom. The molecule has 0 saturated carbocycles. The molecule has 0 unspecified atom stereocenters.